The lowest BCUT2D eigenvalue weighted by molar-refractivity contribution is -0.131. The Morgan fingerprint density at radius 3 is 1.29 bits per heavy atom. The monoisotopic (exact) mass is 1010 g/mol. The molecule has 0 N–H and O–H groups in total. The lowest BCUT2D eigenvalue weighted by Crippen LogP contribution is -2.41. The first-order chi connectivity index (χ1) is 35.0. The number of carbonyl (C=O) groups is 2. The Kier molecular flexibility index (Phi) is 18.9. The first-order valence-electron chi connectivity index (χ1n) is 25.0. The van der Waals surface area contributed by atoms with Crippen LogP contribution in [-0.4, -0.2) is 143 Å². The van der Waals surface area contributed by atoms with Crippen LogP contribution in [0.25, 0.3) is 11.1 Å². The van der Waals surface area contributed by atoms with Gasteiger partial charge in [0.2, 0.25) is 0 Å². The maximum atomic E-state index is 11.8. The van der Waals surface area contributed by atoms with E-state index in [9.17, 15) is 9.59 Å². The van der Waals surface area contributed by atoms with Crippen LogP contribution in [0.15, 0.2) is 72.8 Å². The Bertz CT molecular complexity index is 2360. The van der Waals surface area contributed by atoms with E-state index in [4.69, 9.17) is 66.0 Å². The van der Waals surface area contributed by atoms with Crippen LogP contribution in [0, 0.1) is 0 Å². The Balaban J connectivity index is 1.40. The zero-order valence-corrected chi connectivity index (χ0v) is 44.2. The molecule has 1 aliphatic carbocycles. The number of hydrogen-bond acceptors (Lipinski definition) is 16. The molecule has 0 unspecified atom stereocenters. The van der Waals surface area contributed by atoms with Crippen molar-refractivity contribution in [3.63, 3.8) is 0 Å². The number of hydrogen-bond donors (Lipinski definition) is 0. The fraction of sp³-hybridized carbons (Fsp3) is 0.527. The molecule has 73 heavy (non-hydrogen) atoms. The maximum absolute atomic E-state index is 11.8. The van der Waals surface area contributed by atoms with Crippen molar-refractivity contribution < 1.29 is 75.6 Å². The fourth-order valence-corrected chi connectivity index (χ4v) is 9.10. The number of fused-ring (bicyclic) bond motifs is 3. The van der Waals surface area contributed by atoms with Crippen LogP contribution in [0.5, 0.6) is 11.5 Å². The highest BCUT2D eigenvalue weighted by Gasteiger charge is 2.55. The molecule has 2 fully saturated rings. The summed E-state index contributed by atoms with van der Waals surface area (Å²) in [6.07, 6.45) is 0. The molecule has 2 heterocycles. The van der Waals surface area contributed by atoms with Crippen molar-refractivity contribution in [2.45, 2.75) is 96.4 Å². The Hall–Kier alpha value is -4.85. The zero-order valence-electron chi connectivity index (χ0n) is 44.2. The van der Waals surface area contributed by atoms with Crippen LogP contribution in [-0.2, 0) is 84.7 Å². The average Bonchev–Trinajstić information content (AvgIpc) is 3.88. The van der Waals surface area contributed by atoms with Crippen molar-refractivity contribution in [2.75, 3.05) is 93.5 Å². The molecule has 0 aromatic heterocycles. The van der Waals surface area contributed by atoms with E-state index in [2.05, 4.69) is 36.4 Å². The van der Waals surface area contributed by atoms with E-state index < -0.39 is 42.1 Å². The summed E-state index contributed by atoms with van der Waals surface area (Å²) in [5, 5.41) is 0. The van der Waals surface area contributed by atoms with E-state index in [0.29, 0.717) is 95.0 Å². The van der Waals surface area contributed by atoms with Gasteiger partial charge in [-0.25, -0.2) is 0 Å². The molecule has 18 heteroatoms. The van der Waals surface area contributed by atoms with Gasteiger partial charge in [-0.15, -0.1) is 0 Å². The van der Waals surface area contributed by atoms with Crippen LogP contribution in [0.4, 0.5) is 0 Å². The predicted octanol–water partition coefficient (Wildman–Crippen LogP) is 6.11. The molecule has 4 aromatic carbocycles. The molecule has 0 amide bonds. The number of carbonyl (C=O) groups excluding carboxylic acids is 2. The van der Waals surface area contributed by atoms with Crippen LogP contribution in [0.1, 0.15) is 88.8 Å². The second kappa shape index (κ2) is 24.7. The minimum atomic E-state index is -1.12. The molecule has 2 aliphatic heterocycles. The summed E-state index contributed by atoms with van der Waals surface area (Å²) < 4.78 is 83.7. The normalized spacial score (nSPS) is 17.6. The van der Waals surface area contributed by atoms with Gasteiger partial charge < -0.3 is 66.0 Å². The van der Waals surface area contributed by atoms with Crippen LogP contribution >= 0.6 is 0 Å². The first-order valence-corrected chi connectivity index (χ1v) is 25.0. The lowest BCUT2D eigenvalue weighted by Gasteiger charge is -2.35. The zero-order chi connectivity index (χ0) is 52.3. The molecular formula is C55H72B2O16. The second-order valence-corrected chi connectivity index (χ2v) is 20.1. The molecule has 0 saturated carbocycles. The molecule has 2 saturated heterocycles. The topological polar surface area (TPSA) is 163 Å². The van der Waals surface area contributed by atoms with Gasteiger partial charge in [-0.2, -0.15) is 0 Å². The van der Waals surface area contributed by atoms with Gasteiger partial charge in [0, 0.05) is 14.2 Å². The Labute approximate surface area is 431 Å². The molecular weight excluding hydrogens is 938 g/mol. The van der Waals surface area contributed by atoms with E-state index in [0.717, 1.165) is 44.3 Å². The fourth-order valence-electron chi connectivity index (χ4n) is 9.10. The minimum absolute atomic E-state index is 0.0322. The number of ether oxygens (including phenoxy) is 10. The third-order valence-corrected chi connectivity index (χ3v) is 14.4. The third kappa shape index (κ3) is 12.5. The van der Waals surface area contributed by atoms with Gasteiger partial charge in [0.05, 0.1) is 93.9 Å². The van der Waals surface area contributed by atoms with E-state index in [1.165, 1.54) is 0 Å². The number of methoxy groups -OCH3 is 2. The van der Waals surface area contributed by atoms with Crippen LogP contribution in [0.3, 0.4) is 0 Å². The van der Waals surface area contributed by atoms with E-state index in [1.807, 2.05) is 91.8 Å². The van der Waals surface area contributed by atoms with Crippen molar-refractivity contribution in [3.8, 4) is 22.6 Å². The third-order valence-electron chi connectivity index (χ3n) is 14.4. The Morgan fingerprint density at radius 2 is 0.836 bits per heavy atom. The largest absolute Gasteiger partial charge is 0.494 e. The minimum Gasteiger partial charge on any atom is -0.487 e. The first kappa shape index (κ1) is 55.9. The molecule has 4 aromatic rings. The summed E-state index contributed by atoms with van der Waals surface area (Å²) in [5.41, 5.74) is 4.87. The van der Waals surface area contributed by atoms with Gasteiger partial charge >= 0.3 is 14.2 Å². The van der Waals surface area contributed by atoms with E-state index in [1.54, 1.807) is 14.2 Å². The summed E-state index contributed by atoms with van der Waals surface area (Å²) in [5.74, 6) is 0.970. The quantitative estimate of drug-likeness (QED) is 0.0294. The number of rotatable bonds is 30. The number of benzene rings is 4. The summed E-state index contributed by atoms with van der Waals surface area (Å²) in [4.78, 5) is 23.3. The van der Waals surface area contributed by atoms with Gasteiger partial charge in [-0.05, 0) is 123 Å². The van der Waals surface area contributed by atoms with E-state index >= 15 is 0 Å². The summed E-state index contributed by atoms with van der Waals surface area (Å²) in [6, 6.07) is 24.6. The van der Waals surface area contributed by atoms with Crippen molar-refractivity contribution in [1.29, 1.82) is 0 Å². The van der Waals surface area contributed by atoms with Crippen molar-refractivity contribution in [2.24, 2.45) is 0 Å². The second-order valence-electron chi connectivity index (χ2n) is 20.1. The van der Waals surface area contributed by atoms with Gasteiger partial charge in [0.25, 0.3) is 12.9 Å². The van der Waals surface area contributed by atoms with Gasteiger partial charge in [-0.1, -0.05) is 60.7 Å². The summed E-state index contributed by atoms with van der Waals surface area (Å²) >= 11 is 0. The summed E-state index contributed by atoms with van der Waals surface area (Å²) in [7, 11) is 1.90. The average molecular weight is 1010 g/mol. The van der Waals surface area contributed by atoms with Gasteiger partial charge in [-0.3, -0.25) is 9.59 Å². The predicted molar refractivity (Wildman–Crippen MR) is 275 cm³/mol. The molecule has 0 spiro atoms. The molecule has 7 rings (SSSR count). The smallest absolute Gasteiger partial charge is 0.487 e. The van der Waals surface area contributed by atoms with Crippen molar-refractivity contribution in [1.82, 2.24) is 0 Å². The van der Waals surface area contributed by atoms with Crippen molar-refractivity contribution >= 4 is 38.1 Å². The lowest BCUT2D eigenvalue weighted by atomic mass is 9.64. The van der Waals surface area contributed by atoms with Crippen molar-refractivity contribution in [3.05, 3.63) is 106 Å². The highest BCUT2D eigenvalue weighted by Crippen LogP contribution is 2.57. The van der Waals surface area contributed by atoms with Crippen LogP contribution < -0.4 is 20.4 Å². The van der Waals surface area contributed by atoms with Crippen LogP contribution in [0.2, 0.25) is 0 Å². The molecule has 0 atom stereocenters. The highest BCUT2D eigenvalue weighted by molar-refractivity contribution is 6.62. The molecule has 394 valence electrons. The SMILES string of the molecule is COCCOCCOCCOc1ccc(C2(c3ccc(COC=O)c(COC=O)c3)c3cc(B4OC(C)(C)C(C)(C)O4)ccc3-c3ccc(B4OC(C)(C)C(C)(C)O4)cc32)cc1OCCOCCOCCOC. The summed E-state index contributed by atoms with van der Waals surface area (Å²) in [6.45, 7) is 21.6. The highest BCUT2D eigenvalue weighted by atomic mass is 16.7. The molecule has 0 bridgehead atoms. The molecule has 16 nitrogen and oxygen atoms in total. The standard InChI is InChI=1S/C55H72B2O16/c1-51(2)52(3,4)71-56(70-51)43-14-16-45-46-17-15-44(57-72-53(5,6)54(7,8)73-57)34-48(46)55(47(45)33-43,41-12-11-39(35-66-37-58)40(31-41)36-67-38-59)42-13-18-49(68-29-27-64-25-23-62-21-19-60-9)50(32-42)69-30-28-65-26-24-63-22-20-61-10/h11-18,31-34,37-38H,19-30,35-36H2,1-10H3. The molecule has 0 radical (unpaired) electrons. The van der Waals surface area contributed by atoms with E-state index in [-0.39, 0.29) is 33.0 Å². The maximum Gasteiger partial charge on any atom is 0.494 e. The molecule has 3 aliphatic rings. The van der Waals surface area contributed by atoms with Gasteiger partial charge in [0.1, 0.15) is 26.4 Å². The van der Waals surface area contributed by atoms with Gasteiger partial charge in [0.15, 0.2) is 11.5 Å². The Morgan fingerprint density at radius 1 is 0.438 bits per heavy atom.